The molecule has 2 N–H and O–H groups in total. The van der Waals surface area contributed by atoms with E-state index in [1.54, 1.807) is 6.07 Å². The molecule has 1 saturated heterocycles. The number of fused-ring (bicyclic) bond motifs is 1. The summed E-state index contributed by atoms with van der Waals surface area (Å²) < 4.78 is 0. The maximum absolute atomic E-state index is 12.5. The number of amides is 2. The molecule has 0 unspecified atom stereocenters. The third-order valence-electron chi connectivity index (χ3n) is 5.70. The van der Waals surface area contributed by atoms with Gasteiger partial charge in [0.05, 0.1) is 6.54 Å². The molecule has 2 amide bonds. The Morgan fingerprint density at radius 3 is 2.57 bits per heavy atom. The van der Waals surface area contributed by atoms with Gasteiger partial charge in [-0.3, -0.25) is 9.59 Å². The van der Waals surface area contributed by atoms with Crippen molar-refractivity contribution < 1.29 is 9.59 Å². The molecule has 0 bridgehead atoms. The maximum Gasteiger partial charge on any atom is 0.251 e. The van der Waals surface area contributed by atoms with Crippen molar-refractivity contribution in [3.63, 3.8) is 0 Å². The van der Waals surface area contributed by atoms with Gasteiger partial charge in [0.1, 0.15) is 0 Å². The fraction of sp³-hybridized carbons (Fsp3) is 0.304. The third kappa shape index (κ3) is 3.65. The van der Waals surface area contributed by atoms with Crippen LogP contribution in [0.15, 0.2) is 54.7 Å². The maximum atomic E-state index is 12.5. The molecular formula is C23H25N3O2. The summed E-state index contributed by atoms with van der Waals surface area (Å²) in [6.45, 7) is 3.39. The van der Waals surface area contributed by atoms with Crippen LogP contribution in [-0.2, 0) is 4.79 Å². The lowest BCUT2D eigenvalue weighted by Gasteiger charge is -2.32. The number of nitrogens with one attached hydrogen (secondary N) is 2. The summed E-state index contributed by atoms with van der Waals surface area (Å²) >= 11 is 0. The quantitative estimate of drug-likeness (QED) is 0.732. The zero-order valence-corrected chi connectivity index (χ0v) is 16.1. The first kappa shape index (κ1) is 18.3. The summed E-state index contributed by atoms with van der Waals surface area (Å²) in [5, 5.41) is 4.04. The zero-order chi connectivity index (χ0) is 19.5. The van der Waals surface area contributed by atoms with Crippen LogP contribution in [-0.4, -0.2) is 41.3 Å². The van der Waals surface area contributed by atoms with Crippen LogP contribution in [0.25, 0.3) is 10.9 Å². The summed E-state index contributed by atoms with van der Waals surface area (Å²) in [5.74, 6) is 0.251. The van der Waals surface area contributed by atoms with Crippen molar-refractivity contribution in [3.05, 3.63) is 71.4 Å². The van der Waals surface area contributed by atoms with Crippen molar-refractivity contribution >= 4 is 22.7 Å². The Hall–Kier alpha value is -3.08. The Bertz CT molecular complexity index is 1000. The molecule has 1 aliphatic rings. The summed E-state index contributed by atoms with van der Waals surface area (Å²) in [6, 6.07) is 15.8. The van der Waals surface area contributed by atoms with Crippen LogP contribution in [0.3, 0.4) is 0 Å². The normalized spacial score (nSPS) is 15.0. The summed E-state index contributed by atoms with van der Waals surface area (Å²) in [6.07, 6.45) is 3.99. The smallest absolute Gasteiger partial charge is 0.251 e. The minimum atomic E-state index is -0.194. The average Bonchev–Trinajstić information content (AvgIpc) is 3.16. The lowest BCUT2D eigenvalue weighted by molar-refractivity contribution is -0.131. The number of H-pyrrole nitrogens is 1. The number of benzene rings is 2. The second kappa shape index (κ2) is 7.89. The molecule has 1 aliphatic heterocycles. The highest BCUT2D eigenvalue weighted by atomic mass is 16.2. The molecule has 0 saturated carbocycles. The SMILES string of the molecule is Cc1ccccc1C(=O)NCC(=O)N1CCC(c2c[nH]c3ccccc23)CC1. The fourth-order valence-electron chi connectivity index (χ4n) is 4.06. The molecular weight excluding hydrogens is 350 g/mol. The Morgan fingerprint density at radius 2 is 1.79 bits per heavy atom. The van der Waals surface area contributed by atoms with Gasteiger partial charge in [-0.25, -0.2) is 0 Å². The molecule has 1 aromatic heterocycles. The van der Waals surface area contributed by atoms with Crippen molar-refractivity contribution in [1.29, 1.82) is 0 Å². The molecule has 2 heterocycles. The first-order chi connectivity index (χ1) is 13.6. The number of aromatic amines is 1. The number of rotatable bonds is 4. The van der Waals surface area contributed by atoms with Crippen LogP contribution >= 0.6 is 0 Å². The van der Waals surface area contributed by atoms with Gasteiger partial charge in [-0.1, -0.05) is 36.4 Å². The topological polar surface area (TPSA) is 65.2 Å². The molecule has 2 aromatic carbocycles. The van der Waals surface area contributed by atoms with E-state index in [4.69, 9.17) is 0 Å². The van der Waals surface area contributed by atoms with Crippen LogP contribution in [0.4, 0.5) is 0 Å². The van der Waals surface area contributed by atoms with Crippen LogP contribution in [0.2, 0.25) is 0 Å². The van der Waals surface area contributed by atoms with E-state index in [-0.39, 0.29) is 18.4 Å². The van der Waals surface area contributed by atoms with Crippen molar-refractivity contribution in [3.8, 4) is 0 Å². The van der Waals surface area contributed by atoms with Gasteiger partial charge in [0.15, 0.2) is 0 Å². The van der Waals surface area contributed by atoms with Gasteiger partial charge < -0.3 is 15.2 Å². The Balaban J connectivity index is 1.32. The van der Waals surface area contributed by atoms with Gasteiger partial charge in [-0.15, -0.1) is 0 Å². The highest BCUT2D eigenvalue weighted by Crippen LogP contribution is 2.33. The molecule has 0 aliphatic carbocycles. The van der Waals surface area contributed by atoms with Crippen molar-refractivity contribution in [2.24, 2.45) is 0 Å². The highest BCUT2D eigenvalue weighted by molar-refractivity contribution is 5.97. The largest absolute Gasteiger partial charge is 0.361 e. The number of piperidine rings is 1. The Labute approximate surface area is 164 Å². The minimum absolute atomic E-state index is 0.0145. The summed E-state index contributed by atoms with van der Waals surface area (Å²) in [7, 11) is 0. The number of hydrogen-bond acceptors (Lipinski definition) is 2. The van der Waals surface area contributed by atoms with Crippen LogP contribution in [0.5, 0.6) is 0 Å². The molecule has 5 heteroatoms. The molecule has 5 nitrogen and oxygen atoms in total. The van der Waals surface area contributed by atoms with E-state index >= 15 is 0 Å². The van der Waals surface area contributed by atoms with Crippen molar-refractivity contribution in [1.82, 2.24) is 15.2 Å². The van der Waals surface area contributed by atoms with Gasteiger partial charge in [0, 0.05) is 35.8 Å². The predicted octanol–water partition coefficient (Wildman–Crippen LogP) is 3.61. The molecule has 3 aromatic rings. The number of hydrogen-bond donors (Lipinski definition) is 2. The van der Waals surface area contributed by atoms with Gasteiger partial charge in [-0.2, -0.15) is 0 Å². The van der Waals surface area contributed by atoms with E-state index in [2.05, 4.69) is 34.7 Å². The van der Waals surface area contributed by atoms with Crippen molar-refractivity contribution in [2.45, 2.75) is 25.7 Å². The van der Waals surface area contributed by atoms with Crippen LogP contribution < -0.4 is 5.32 Å². The molecule has 144 valence electrons. The summed E-state index contributed by atoms with van der Waals surface area (Å²) in [4.78, 5) is 30.0. The molecule has 0 radical (unpaired) electrons. The van der Waals surface area contributed by atoms with E-state index in [0.717, 1.165) is 37.0 Å². The second-order valence-electron chi connectivity index (χ2n) is 7.44. The summed E-state index contributed by atoms with van der Waals surface area (Å²) in [5.41, 5.74) is 4.03. The van der Waals surface area contributed by atoms with Gasteiger partial charge in [0.25, 0.3) is 5.91 Å². The minimum Gasteiger partial charge on any atom is -0.361 e. The average molecular weight is 375 g/mol. The van der Waals surface area contributed by atoms with E-state index < -0.39 is 0 Å². The van der Waals surface area contributed by atoms with Crippen LogP contribution in [0, 0.1) is 6.92 Å². The van der Waals surface area contributed by atoms with E-state index in [1.807, 2.05) is 36.1 Å². The molecule has 28 heavy (non-hydrogen) atoms. The lowest BCUT2D eigenvalue weighted by atomic mass is 9.89. The van der Waals surface area contributed by atoms with Gasteiger partial charge in [-0.05, 0) is 48.9 Å². The fourth-order valence-corrected chi connectivity index (χ4v) is 4.06. The third-order valence-corrected chi connectivity index (χ3v) is 5.70. The Morgan fingerprint density at radius 1 is 1.07 bits per heavy atom. The van der Waals surface area contributed by atoms with Gasteiger partial charge in [0.2, 0.25) is 5.91 Å². The van der Waals surface area contributed by atoms with E-state index in [9.17, 15) is 9.59 Å². The van der Waals surface area contributed by atoms with Crippen LogP contribution in [0.1, 0.15) is 40.2 Å². The van der Waals surface area contributed by atoms with E-state index in [1.165, 1.54) is 10.9 Å². The molecule has 1 fully saturated rings. The molecule has 4 rings (SSSR count). The first-order valence-corrected chi connectivity index (χ1v) is 9.81. The van der Waals surface area contributed by atoms with Crippen molar-refractivity contribution in [2.75, 3.05) is 19.6 Å². The number of nitrogens with zero attached hydrogens (tertiary/aromatic N) is 1. The number of carbonyl (C=O) groups is 2. The lowest BCUT2D eigenvalue weighted by Crippen LogP contribution is -2.43. The number of carbonyl (C=O) groups excluding carboxylic acids is 2. The van der Waals surface area contributed by atoms with Gasteiger partial charge >= 0.3 is 0 Å². The standard InChI is InChI=1S/C23H25N3O2/c1-16-6-2-3-7-18(16)23(28)25-15-22(27)26-12-10-17(11-13-26)20-14-24-21-9-5-4-8-19(20)21/h2-9,14,17,24H,10-13,15H2,1H3,(H,25,28). The highest BCUT2D eigenvalue weighted by Gasteiger charge is 2.25. The Kier molecular flexibility index (Phi) is 5.15. The zero-order valence-electron chi connectivity index (χ0n) is 16.1. The predicted molar refractivity (Wildman–Crippen MR) is 110 cm³/mol. The number of aryl methyl sites for hydroxylation is 1. The number of likely N-dealkylation sites (tertiary alicyclic amines) is 1. The number of para-hydroxylation sites is 1. The first-order valence-electron chi connectivity index (χ1n) is 9.81. The van der Waals surface area contributed by atoms with E-state index in [0.29, 0.717) is 11.5 Å². The molecule has 0 spiro atoms. The number of aromatic nitrogens is 1. The monoisotopic (exact) mass is 375 g/mol. The second-order valence-corrected chi connectivity index (χ2v) is 7.44. The molecule has 0 atom stereocenters.